The van der Waals surface area contributed by atoms with Crippen LogP contribution in [0.1, 0.15) is 19.0 Å². The minimum absolute atomic E-state index is 0.0754. The summed E-state index contributed by atoms with van der Waals surface area (Å²) in [7, 11) is 0. The van der Waals surface area contributed by atoms with E-state index in [-0.39, 0.29) is 29.8 Å². The van der Waals surface area contributed by atoms with E-state index in [0.717, 1.165) is 6.07 Å². The topological polar surface area (TPSA) is 62.1 Å². The van der Waals surface area contributed by atoms with Crippen molar-refractivity contribution in [2.24, 2.45) is 5.92 Å². The molecule has 0 aromatic carbocycles. The van der Waals surface area contributed by atoms with Crippen LogP contribution in [0, 0.1) is 5.92 Å². The Labute approximate surface area is 137 Å². The van der Waals surface area contributed by atoms with Crippen molar-refractivity contribution in [3.63, 3.8) is 0 Å². The molecule has 0 spiro atoms. The van der Waals surface area contributed by atoms with Gasteiger partial charge in [0.1, 0.15) is 11.5 Å². The number of hydrogen-bond acceptors (Lipinski definition) is 5. The standard InChI is InChI=1S/C16H17F3N4O/c1-10-5-7-23(9-12(10)24)14-8-13(16(17,18)19)21-15(22-14)11-4-2-3-6-20-11/h2-4,6,8,10,12,24H,5,7,9H2,1H3. The third kappa shape index (κ3) is 3.48. The molecule has 0 amide bonds. The Bertz CT molecular complexity index is 708. The fourth-order valence-electron chi connectivity index (χ4n) is 2.61. The van der Waals surface area contributed by atoms with E-state index in [1.165, 1.54) is 6.20 Å². The van der Waals surface area contributed by atoms with Crippen LogP contribution in [-0.2, 0) is 6.18 Å². The second-order valence-electron chi connectivity index (χ2n) is 5.93. The van der Waals surface area contributed by atoms with Gasteiger partial charge in [-0.05, 0) is 24.5 Å². The van der Waals surface area contributed by atoms with Gasteiger partial charge in [-0.3, -0.25) is 4.98 Å². The lowest BCUT2D eigenvalue weighted by Gasteiger charge is -2.35. The van der Waals surface area contributed by atoms with Gasteiger partial charge in [-0.15, -0.1) is 0 Å². The van der Waals surface area contributed by atoms with Gasteiger partial charge in [0.2, 0.25) is 0 Å². The average molecular weight is 338 g/mol. The first-order valence-corrected chi connectivity index (χ1v) is 7.65. The summed E-state index contributed by atoms with van der Waals surface area (Å²) in [6.07, 6.45) is -3.01. The molecule has 128 valence electrons. The zero-order chi connectivity index (χ0) is 17.3. The highest BCUT2D eigenvalue weighted by Gasteiger charge is 2.35. The highest BCUT2D eigenvalue weighted by molar-refractivity contribution is 5.54. The number of pyridine rings is 1. The lowest BCUT2D eigenvalue weighted by atomic mass is 9.96. The molecule has 2 aromatic heterocycles. The van der Waals surface area contributed by atoms with Crippen LogP contribution < -0.4 is 4.90 Å². The van der Waals surface area contributed by atoms with Gasteiger partial charge in [0.15, 0.2) is 11.5 Å². The number of β-amino-alcohol motifs (C(OH)–C–C–N with tert-alkyl or cyclic N) is 1. The van der Waals surface area contributed by atoms with Crippen LogP contribution in [0.2, 0.25) is 0 Å². The number of aromatic nitrogens is 3. The lowest BCUT2D eigenvalue weighted by molar-refractivity contribution is -0.141. The van der Waals surface area contributed by atoms with Gasteiger partial charge in [-0.2, -0.15) is 13.2 Å². The van der Waals surface area contributed by atoms with Crippen molar-refractivity contribution in [2.75, 3.05) is 18.0 Å². The van der Waals surface area contributed by atoms with Gasteiger partial charge in [-0.1, -0.05) is 13.0 Å². The van der Waals surface area contributed by atoms with E-state index >= 15 is 0 Å². The van der Waals surface area contributed by atoms with Crippen LogP contribution >= 0.6 is 0 Å². The fourth-order valence-corrected chi connectivity index (χ4v) is 2.61. The molecule has 1 saturated heterocycles. The van der Waals surface area contributed by atoms with Crippen molar-refractivity contribution in [1.29, 1.82) is 0 Å². The molecule has 2 aromatic rings. The van der Waals surface area contributed by atoms with Crippen LogP contribution in [0.25, 0.3) is 11.5 Å². The van der Waals surface area contributed by atoms with Crippen molar-refractivity contribution in [1.82, 2.24) is 15.0 Å². The number of aliphatic hydroxyl groups excluding tert-OH is 1. The minimum atomic E-state index is -4.58. The summed E-state index contributed by atoms with van der Waals surface area (Å²) >= 11 is 0. The van der Waals surface area contributed by atoms with E-state index in [0.29, 0.717) is 13.0 Å². The molecule has 0 bridgehead atoms. The zero-order valence-electron chi connectivity index (χ0n) is 13.0. The maximum absolute atomic E-state index is 13.2. The molecule has 1 aliphatic heterocycles. The van der Waals surface area contributed by atoms with E-state index in [9.17, 15) is 18.3 Å². The van der Waals surface area contributed by atoms with Crippen LogP contribution in [-0.4, -0.2) is 39.3 Å². The molecule has 0 saturated carbocycles. The number of piperidine rings is 1. The quantitative estimate of drug-likeness (QED) is 0.912. The average Bonchev–Trinajstić information content (AvgIpc) is 2.57. The van der Waals surface area contributed by atoms with E-state index in [4.69, 9.17) is 0 Å². The van der Waals surface area contributed by atoms with Crippen molar-refractivity contribution in [3.8, 4) is 11.5 Å². The van der Waals surface area contributed by atoms with Gasteiger partial charge in [0.25, 0.3) is 0 Å². The number of aliphatic hydroxyl groups is 1. The first-order chi connectivity index (χ1) is 11.3. The number of hydrogen-bond donors (Lipinski definition) is 1. The maximum atomic E-state index is 13.2. The predicted molar refractivity (Wildman–Crippen MR) is 82.3 cm³/mol. The Morgan fingerprint density at radius 2 is 2.04 bits per heavy atom. The summed E-state index contributed by atoms with van der Waals surface area (Å²) in [5.41, 5.74) is -0.739. The molecule has 3 rings (SSSR count). The molecule has 5 nitrogen and oxygen atoms in total. The smallest absolute Gasteiger partial charge is 0.391 e. The summed E-state index contributed by atoms with van der Waals surface area (Å²) in [5.74, 6) is 0.192. The van der Waals surface area contributed by atoms with Crippen LogP contribution in [0.4, 0.5) is 19.0 Å². The van der Waals surface area contributed by atoms with Crippen molar-refractivity contribution >= 4 is 5.82 Å². The molecule has 8 heteroatoms. The number of alkyl halides is 3. The Morgan fingerprint density at radius 1 is 1.25 bits per heavy atom. The molecule has 1 aliphatic rings. The Morgan fingerprint density at radius 3 is 2.67 bits per heavy atom. The summed E-state index contributed by atoms with van der Waals surface area (Å²) in [5, 5.41) is 10.0. The molecule has 1 fully saturated rings. The Balaban J connectivity index is 2.03. The molecule has 2 atom stereocenters. The molecular weight excluding hydrogens is 321 g/mol. The number of halogens is 3. The fraction of sp³-hybridized carbons (Fsp3) is 0.438. The number of rotatable bonds is 2. The van der Waals surface area contributed by atoms with Crippen LogP contribution in [0.5, 0.6) is 0 Å². The highest BCUT2D eigenvalue weighted by atomic mass is 19.4. The third-order valence-corrected chi connectivity index (χ3v) is 4.14. The van der Waals surface area contributed by atoms with Crippen LogP contribution in [0.3, 0.4) is 0 Å². The van der Waals surface area contributed by atoms with Gasteiger partial charge in [0, 0.05) is 25.4 Å². The van der Waals surface area contributed by atoms with Gasteiger partial charge in [0.05, 0.1) is 6.10 Å². The predicted octanol–water partition coefficient (Wildman–Crippen LogP) is 2.76. The molecule has 0 radical (unpaired) electrons. The number of anilines is 1. The largest absolute Gasteiger partial charge is 0.433 e. The van der Waals surface area contributed by atoms with Gasteiger partial charge < -0.3 is 10.0 Å². The van der Waals surface area contributed by atoms with Crippen molar-refractivity contribution in [2.45, 2.75) is 25.6 Å². The SMILES string of the molecule is CC1CCN(c2cc(C(F)(F)F)nc(-c3ccccn3)n2)CC1O. The second kappa shape index (κ2) is 6.35. The van der Waals surface area contributed by atoms with Gasteiger partial charge >= 0.3 is 6.18 Å². The number of nitrogens with zero attached hydrogens (tertiary/aromatic N) is 4. The third-order valence-electron chi connectivity index (χ3n) is 4.14. The zero-order valence-corrected chi connectivity index (χ0v) is 13.0. The summed E-state index contributed by atoms with van der Waals surface area (Å²) in [6.45, 7) is 2.70. The Kier molecular flexibility index (Phi) is 4.40. The van der Waals surface area contributed by atoms with Crippen molar-refractivity contribution < 1.29 is 18.3 Å². The van der Waals surface area contributed by atoms with E-state index in [1.807, 2.05) is 6.92 Å². The first-order valence-electron chi connectivity index (χ1n) is 7.65. The molecule has 24 heavy (non-hydrogen) atoms. The van der Waals surface area contributed by atoms with Crippen molar-refractivity contribution in [3.05, 3.63) is 36.2 Å². The molecule has 2 unspecified atom stereocenters. The monoisotopic (exact) mass is 338 g/mol. The maximum Gasteiger partial charge on any atom is 0.433 e. The molecule has 0 aliphatic carbocycles. The first kappa shape index (κ1) is 16.6. The summed E-state index contributed by atoms with van der Waals surface area (Å²) in [6, 6.07) is 5.82. The second-order valence-corrected chi connectivity index (χ2v) is 5.93. The minimum Gasteiger partial charge on any atom is -0.391 e. The molecule has 1 N–H and O–H groups in total. The summed E-state index contributed by atoms with van der Waals surface area (Å²) in [4.78, 5) is 13.5. The van der Waals surface area contributed by atoms with E-state index < -0.39 is 18.0 Å². The van der Waals surface area contributed by atoms with Gasteiger partial charge in [-0.25, -0.2) is 9.97 Å². The Hall–Kier alpha value is -2.22. The normalized spacial score (nSPS) is 21.8. The van der Waals surface area contributed by atoms with Crippen LogP contribution in [0.15, 0.2) is 30.5 Å². The molecular formula is C16H17F3N4O. The van der Waals surface area contributed by atoms with E-state index in [2.05, 4.69) is 15.0 Å². The molecule has 3 heterocycles. The van der Waals surface area contributed by atoms with E-state index in [1.54, 1.807) is 23.1 Å². The highest BCUT2D eigenvalue weighted by Crippen LogP contribution is 2.32. The lowest BCUT2D eigenvalue weighted by Crippen LogP contribution is -2.43. The summed E-state index contributed by atoms with van der Waals surface area (Å²) < 4.78 is 39.6.